The summed E-state index contributed by atoms with van der Waals surface area (Å²) in [4.78, 5) is 2.35. The summed E-state index contributed by atoms with van der Waals surface area (Å²) >= 11 is 0. The van der Waals surface area contributed by atoms with E-state index in [-0.39, 0.29) is 12.4 Å². The number of halogens is 1. The Kier molecular flexibility index (Phi) is 5.81. The van der Waals surface area contributed by atoms with Crippen molar-refractivity contribution in [2.45, 2.75) is 26.3 Å². The monoisotopic (exact) mass is 218 g/mol. The smallest absolute Gasteiger partial charge is 0.0627 e. The molecule has 1 rings (SSSR count). The van der Waals surface area contributed by atoms with Gasteiger partial charge in [0.1, 0.15) is 0 Å². The van der Waals surface area contributed by atoms with Crippen molar-refractivity contribution in [3.8, 4) is 0 Å². The Morgan fingerprint density at radius 3 is 2.79 bits per heavy atom. The lowest BCUT2D eigenvalue weighted by molar-refractivity contribution is 0.195. The largest absolute Gasteiger partial charge is 0.411 e. The van der Waals surface area contributed by atoms with Crippen LogP contribution in [0.25, 0.3) is 0 Å². The van der Waals surface area contributed by atoms with Gasteiger partial charge in [0.25, 0.3) is 0 Å². The Morgan fingerprint density at radius 2 is 2.29 bits per heavy atom. The van der Waals surface area contributed by atoms with Crippen LogP contribution in [0.3, 0.4) is 0 Å². The molecule has 2 unspecified atom stereocenters. The van der Waals surface area contributed by atoms with Crippen LogP contribution in [0.4, 0.5) is 0 Å². The van der Waals surface area contributed by atoms with Crippen molar-refractivity contribution in [3.05, 3.63) is 12.7 Å². The van der Waals surface area contributed by atoms with E-state index in [1.165, 1.54) is 0 Å². The third kappa shape index (κ3) is 3.00. The van der Waals surface area contributed by atoms with Gasteiger partial charge in [0.05, 0.1) is 5.71 Å². The zero-order valence-corrected chi connectivity index (χ0v) is 9.63. The van der Waals surface area contributed by atoms with Gasteiger partial charge in [0.2, 0.25) is 0 Å². The summed E-state index contributed by atoms with van der Waals surface area (Å²) in [6, 6.07) is 0.458. The number of hydrogen-bond acceptors (Lipinski definition) is 3. The van der Waals surface area contributed by atoms with Gasteiger partial charge in [-0.2, -0.15) is 0 Å². The van der Waals surface area contributed by atoms with Crippen LogP contribution in [0.2, 0.25) is 0 Å². The van der Waals surface area contributed by atoms with E-state index in [0.717, 1.165) is 25.2 Å². The van der Waals surface area contributed by atoms with Gasteiger partial charge in [-0.1, -0.05) is 18.2 Å². The van der Waals surface area contributed by atoms with Crippen molar-refractivity contribution < 1.29 is 5.21 Å². The number of rotatable bonds is 2. The summed E-state index contributed by atoms with van der Waals surface area (Å²) in [5.41, 5.74) is 0.924. The average Bonchev–Trinajstić information content (AvgIpc) is 2.11. The third-order valence-electron chi connectivity index (χ3n) is 2.70. The fourth-order valence-electron chi connectivity index (χ4n) is 1.83. The van der Waals surface area contributed by atoms with Gasteiger partial charge in [-0.25, -0.2) is 0 Å². The van der Waals surface area contributed by atoms with E-state index < -0.39 is 0 Å². The van der Waals surface area contributed by atoms with Crippen molar-refractivity contribution in [1.29, 1.82) is 0 Å². The maximum absolute atomic E-state index is 8.74. The van der Waals surface area contributed by atoms with Crippen molar-refractivity contribution in [2.24, 2.45) is 11.1 Å². The first-order valence-electron chi connectivity index (χ1n) is 4.74. The van der Waals surface area contributed by atoms with E-state index in [0.29, 0.717) is 12.0 Å². The van der Waals surface area contributed by atoms with Crippen LogP contribution in [0.1, 0.15) is 20.3 Å². The van der Waals surface area contributed by atoms with Crippen LogP contribution in [-0.4, -0.2) is 35.0 Å². The highest BCUT2D eigenvalue weighted by molar-refractivity contribution is 5.87. The second-order valence-corrected chi connectivity index (χ2v) is 3.79. The summed E-state index contributed by atoms with van der Waals surface area (Å²) in [5, 5.41) is 12.1. The van der Waals surface area contributed by atoms with E-state index in [2.05, 4.69) is 30.5 Å². The van der Waals surface area contributed by atoms with Crippen molar-refractivity contribution in [2.75, 3.05) is 13.1 Å². The molecule has 0 amide bonds. The lowest BCUT2D eigenvalue weighted by atomic mass is 9.93. The second kappa shape index (κ2) is 6.04. The van der Waals surface area contributed by atoms with E-state index in [4.69, 9.17) is 5.21 Å². The molecule has 1 aliphatic heterocycles. The van der Waals surface area contributed by atoms with E-state index >= 15 is 0 Å². The Morgan fingerprint density at radius 1 is 1.64 bits per heavy atom. The topological polar surface area (TPSA) is 35.8 Å². The first kappa shape index (κ1) is 13.5. The molecule has 0 radical (unpaired) electrons. The van der Waals surface area contributed by atoms with E-state index in [1.807, 2.05) is 6.08 Å². The van der Waals surface area contributed by atoms with Crippen molar-refractivity contribution in [3.63, 3.8) is 0 Å². The summed E-state index contributed by atoms with van der Waals surface area (Å²) in [6.45, 7) is 9.87. The van der Waals surface area contributed by atoms with Crippen molar-refractivity contribution >= 4 is 18.1 Å². The highest BCUT2D eigenvalue weighted by Crippen LogP contribution is 2.19. The molecule has 0 spiro atoms. The molecular formula is C10H19ClN2O. The van der Waals surface area contributed by atoms with Gasteiger partial charge >= 0.3 is 0 Å². The molecular weight excluding hydrogens is 200 g/mol. The minimum atomic E-state index is 0. The molecule has 0 bridgehead atoms. The number of piperidine rings is 1. The Balaban J connectivity index is 0.00000169. The van der Waals surface area contributed by atoms with Crippen molar-refractivity contribution in [1.82, 2.24) is 4.90 Å². The highest BCUT2D eigenvalue weighted by Gasteiger charge is 2.26. The molecule has 0 aromatic carbocycles. The fourth-order valence-corrected chi connectivity index (χ4v) is 1.83. The van der Waals surface area contributed by atoms with Gasteiger partial charge in [-0.15, -0.1) is 19.0 Å². The summed E-state index contributed by atoms with van der Waals surface area (Å²) in [5.74, 6) is 0.362. The standard InChI is InChI=1S/C10H18N2O.ClH/c1-4-5-12-7-8(2)10(11-13)6-9(12)3;/h4,8-9,13H,1,5-7H2,2-3H3;1H/b11-10+;. The first-order valence-corrected chi connectivity index (χ1v) is 4.74. The van der Waals surface area contributed by atoms with Crippen LogP contribution >= 0.6 is 12.4 Å². The molecule has 2 atom stereocenters. The molecule has 0 aromatic rings. The maximum atomic E-state index is 8.74. The number of nitrogens with zero attached hydrogens (tertiary/aromatic N) is 2. The summed E-state index contributed by atoms with van der Waals surface area (Å²) in [7, 11) is 0. The summed E-state index contributed by atoms with van der Waals surface area (Å²) in [6.07, 6.45) is 2.79. The number of hydrogen-bond donors (Lipinski definition) is 1. The fraction of sp³-hybridized carbons (Fsp3) is 0.700. The van der Waals surface area contributed by atoms with Gasteiger partial charge in [-0.05, 0) is 6.92 Å². The average molecular weight is 219 g/mol. The molecule has 0 aromatic heterocycles. The molecule has 1 saturated heterocycles. The SMILES string of the molecule is C=CCN1CC(C)/C(=N/O)CC1C.Cl. The second-order valence-electron chi connectivity index (χ2n) is 3.79. The molecule has 0 aliphatic carbocycles. The minimum absolute atomic E-state index is 0. The molecule has 1 N–H and O–H groups in total. The Bertz CT molecular complexity index is 218. The third-order valence-corrected chi connectivity index (χ3v) is 2.70. The van der Waals surface area contributed by atoms with Gasteiger partial charge < -0.3 is 5.21 Å². The highest BCUT2D eigenvalue weighted by atomic mass is 35.5. The lowest BCUT2D eigenvalue weighted by Crippen LogP contribution is -2.45. The molecule has 82 valence electrons. The Hall–Kier alpha value is -0.540. The van der Waals surface area contributed by atoms with E-state index in [1.54, 1.807) is 0 Å². The number of oxime groups is 1. The van der Waals surface area contributed by atoms with E-state index in [9.17, 15) is 0 Å². The van der Waals surface area contributed by atoms with Crippen LogP contribution in [0, 0.1) is 5.92 Å². The quantitative estimate of drug-likeness (QED) is 0.438. The predicted octanol–water partition coefficient (Wildman–Crippen LogP) is 2.15. The molecule has 3 nitrogen and oxygen atoms in total. The van der Waals surface area contributed by atoms with Gasteiger partial charge in [0.15, 0.2) is 0 Å². The zero-order valence-electron chi connectivity index (χ0n) is 8.81. The molecule has 14 heavy (non-hydrogen) atoms. The van der Waals surface area contributed by atoms with Gasteiger partial charge in [-0.3, -0.25) is 4.90 Å². The van der Waals surface area contributed by atoms with Crippen LogP contribution in [0.15, 0.2) is 17.8 Å². The van der Waals surface area contributed by atoms with Crippen LogP contribution < -0.4 is 0 Å². The molecule has 4 heteroatoms. The van der Waals surface area contributed by atoms with Crippen LogP contribution in [0.5, 0.6) is 0 Å². The zero-order chi connectivity index (χ0) is 9.84. The number of likely N-dealkylation sites (tertiary alicyclic amines) is 1. The minimum Gasteiger partial charge on any atom is -0.411 e. The molecule has 0 saturated carbocycles. The lowest BCUT2D eigenvalue weighted by Gasteiger charge is -2.36. The first-order chi connectivity index (χ1) is 6.19. The molecule has 1 aliphatic rings. The van der Waals surface area contributed by atoms with Gasteiger partial charge in [0, 0.05) is 31.5 Å². The molecule has 1 fully saturated rings. The van der Waals surface area contributed by atoms with Crippen LogP contribution in [-0.2, 0) is 0 Å². The predicted molar refractivity (Wildman–Crippen MR) is 61.5 cm³/mol. The normalized spacial score (nSPS) is 31.1. The Labute approximate surface area is 91.9 Å². The molecule has 1 heterocycles. The maximum Gasteiger partial charge on any atom is 0.0627 e. The summed E-state index contributed by atoms with van der Waals surface area (Å²) < 4.78 is 0.